The zero-order valence-corrected chi connectivity index (χ0v) is 13.4. The van der Waals surface area contributed by atoms with E-state index in [0.29, 0.717) is 19.1 Å². The molecule has 0 radical (unpaired) electrons. The van der Waals surface area contributed by atoms with Gasteiger partial charge in [0, 0.05) is 19.0 Å². The molecule has 1 aliphatic rings. The molecular weight excluding hydrogens is 286 g/mol. The van der Waals surface area contributed by atoms with Gasteiger partial charge in [-0.15, -0.1) is 0 Å². The molecule has 1 fully saturated rings. The van der Waals surface area contributed by atoms with Crippen LogP contribution >= 0.6 is 0 Å². The van der Waals surface area contributed by atoms with Gasteiger partial charge in [0.2, 0.25) is 5.91 Å². The second kappa shape index (κ2) is 7.82. The van der Waals surface area contributed by atoms with Crippen LogP contribution in [0.5, 0.6) is 5.75 Å². The normalized spacial score (nSPS) is 13.6. The zero-order valence-electron chi connectivity index (χ0n) is 13.4. The lowest BCUT2D eigenvalue weighted by Crippen LogP contribution is -2.32. The monoisotopic (exact) mass is 309 g/mol. The Hall–Kier alpha value is -2.29. The van der Waals surface area contributed by atoms with Crippen LogP contribution in [0, 0.1) is 0 Å². The molecule has 3 nitrogen and oxygen atoms in total. The fraction of sp³-hybridized carbons (Fsp3) is 0.350. The maximum Gasteiger partial charge on any atom is 0.223 e. The Morgan fingerprint density at radius 1 is 1.00 bits per heavy atom. The third-order valence-corrected chi connectivity index (χ3v) is 4.05. The molecule has 120 valence electrons. The molecule has 0 aromatic heterocycles. The predicted octanol–water partition coefficient (Wildman–Crippen LogP) is 4.04. The Morgan fingerprint density at radius 2 is 1.65 bits per heavy atom. The number of nitrogens with zero attached hydrogens (tertiary/aromatic N) is 1. The highest BCUT2D eigenvalue weighted by molar-refractivity contribution is 5.76. The van der Waals surface area contributed by atoms with E-state index in [1.54, 1.807) is 0 Å². The summed E-state index contributed by atoms with van der Waals surface area (Å²) in [5.74, 6) is 1.11. The van der Waals surface area contributed by atoms with Gasteiger partial charge in [-0.05, 0) is 37.0 Å². The van der Waals surface area contributed by atoms with Crippen molar-refractivity contribution in [3.63, 3.8) is 0 Å². The SMILES string of the molecule is O=C(CCCOc1ccccc1)N(Cc1ccccc1)C1CC1. The molecule has 0 bridgehead atoms. The number of carbonyl (C=O) groups excluding carboxylic acids is 1. The molecule has 1 saturated carbocycles. The number of rotatable bonds is 8. The molecule has 0 spiro atoms. The number of amides is 1. The molecule has 2 aromatic carbocycles. The molecule has 1 aliphatic carbocycles. The smallest absolute Gasteiger partial charge is 0.223 e. The van der Waals surface area contributed by atoms with Gasteiger partial charge in [-0.1, -0.05) is 48.5 Å². The van der Waals surface area contributed by atoms with Crippen LogP contribution in [0.2, 0.25) is 0 Å². The quantitative estimate of drug-likeness (QED) is 0.689. The van der Waals surface area contributed by atoms with E-state index in [-0.39, 0.29) is 5.91 Å². The summed E-state index contributed by atoms with van der Waals surface area (Å²) in [5, 5.41) is 0. The van der Waals surface area contributed by atoms with Crippen molar-refractivity contribution >= 4 is 5.91 Å². The molecule has 0 saturated heterocycles. The van der Waals surface area contributed by atoms with Crippen molar-refractivity contribution < 1.29 is 9.53 Å². The third-order valence-electron chi connectivity index (χ3n) is 4.05. The van der Waals surface area contributed by atoms with E-state index in [1.165, 1.54) is 5.56 Å². The average molecular weight is 309 g/mol. The fourth-order valence-corrected chi connectivity index (χ4v) is 2.66. The van der Waals surface area contributed by atoms with Crippen LogP contribution in [0.25, 0.3) is 0 Å². The van der Waals surface area contributed by atoms with Crippen molar-refractivity contribution in [2.24, 2.45) is 0 Å². The predicted molar refractivity (Wildman–Crippen MR) is 91.2 cm³/mol. The molecule has 3 heteroatoms. The summed E-state index contributed by atoms with van der Waals surface area (Å²) >= 11 is 0. The van der Waals surface area contributed by atoms with Crippen LogP contribution in [0.15, 0.2) is 60.7 Å². The van der Waals surface area contributed by atoms with Crippen LogP contribution in [0.4, 0.5) is 0 Å². The van der Waals surface area contributed by atoms with Crippen LogP contribution in [0.3, 0.4) is 0 Å². The van der Waals surface area contributed by atoms with Crippen LogP contribution in [0.1, 0.15) is 31.2 Å². The van der Waals surface area contributed by atoms with Crippen LogP contribution < -0.4 is 4.74 Å². The van der Waals surface area contributed by atoms with Gasteiger partial charge in [-0.25, -0.2) is 0 Å². The second-order valence-electron chi connectivity index (χ2n) is 6.00. The third kappa shape index (κ3) is 4.85. The summed E-state index contributed by atoms with van der Waals surface area (Å²) in [5.41, 5.74) is 1.20. The molecular formula is C20H23NO2. The molecule has 0 heterocycles. The van der Waals surface area contributed by atoms with Crippen molar-refractivity contribution in [3.05, 3.63) is 66.2 Å². The van der Waals surface area contributed by atoms with Gasteiger partial charge in [0.1, 0.15) is 5.75 Å². The minimum atomic E-state index is 0.244. The Kier molecular flexibility index (Phi) is 5.30. The largest absolute Gasteiger partial charge is 0.494 e. The maximum absolute atomic E-state index is 12.5. The van der Waals surface area contributed by atoms with Gasteiger partial charge in [0.15, 0.2) is 0 Å². The van der Waals surface area contributed by atoms with E-state index in [4.69, 9.17) is 4.74 Å². The lowest BCUT2D eigenvalue weighted by atomic mass is 10.2. The first kappa shape index (κ1) is 15.6. The van der Waals surface area contributed by atoms with Gasteiger partial charge in [0.25, 0.3) is 0 Å². The minimum absolute atomic E-state index is 0.244. The molecule has 0 atom stereocenters. The first-order valence-electron chi connectivity index (χ1n) is 8.34. The highest BCUT2D eigenvalue weighted by Crippen LogP contribution is 2.29. The number of ether oxygens (including phenoxy) is 1. The number of hydrogen-bond acceptors (Lipinski definition) is 2. The lowest BCUT2D eigenvalue weighted by molar-refractivity contribution is -0.132. The summed E-state index contributed by atoms with van der Waals surface area (Å²) in [6.07, 6.45) is 3.58. The summed E-state index contributed by atoms with van der Waals surface area (Å²) in [6.45, 7) is 1.31. The molecule has 3 rings (SSSR count). The van der Waals surface area contributed by atoms with E-state index in [9.17, 15) is 4.79 Å². The number of benzene rings is 2. The van der Waals surface area contributed by atoms with Gasteiger partial charge in [-0.3, -0.25) is 4.79 Å². The second-order valence-corrected chi connectivity index (χ2v) is 6.00. The first-order valence-corrected chi connectivity index (χ1v) is 8.34. The average Bonchev–Trinajstić information content (AvgIpc) is 3.43. The lowest BCUT2D eigenvalue weighted by Gasteiger charge is -2.22. The topological polar surface area (TPSA) is 29.5 Å². The van der Waals surface area contributed by atoms with Crippen molar-refractivity contribution in [1.29, 1.82) is 0 Å². The van der Waals surface area contributed by atoms with Gasteiger partial charge in [-0.2, -0.15) is 0 Å². The fourth-order valence-electron chi connectivity index (χ4n) is 2.66. The van der Waals surface area contributed by atoms with Crippen molar-refractivity contribution in [2.75, 3.05) is 6.61 Å². The maximum atomic E-state index is 12.5. The highest BCUT2D eigenvalue weighted by Gasteiger charge is 2.32. The number of para-hydroxylation sites is 1. The van der Waals surface area contributed by atoms with Gasteiger partial charge < -0.3 is 9.64 Å². The standard InChI is InChI=1S/C20H23NO2/c22-20(12-7-15-23-19-10-5-2-6-11-19)21(18-13-14-18)16-17-8-3-1-4-9-17/h1-6,8-11,18H,7,12-16H2. The molecule has 1 amide bonds. The molecule has 0 N–H and O–H groups in total. The summed E-state index contributed by atoms with van der Waals surface area (Å²) in [4.78, 5) is 14.6. The van der Waals surface area contributed by atoms with E-state index in [1.807, 2.05) is 53.4 Å². The summed E-state index contributed by atoms with van der Waals surface area (Å²) < 4.78 is 5.66. The molecule has 0 unspecified atom stereocenters. The van der Waals surface area contributed by atoms with E-state index in [0.717, 1.165) is 31.6 Å². The summed E-state index contributed by atoms with van der Waals surface area (Å²) in [7, 11) is 0. The molecule has 2 aromatic rings. The Morgan fingerprint density at radius 3 is 2.30 bits per heavy atom. The minimum Gasteiger partial charge on any atom is -0.494 e. The van der Waals surface area contributed by atoms with Crippen molar-refractivity contribution in [2.45, 2.75) is 38.3 Å². The van der Waals surface area contributed by atoms with Crippen molar-refractivity contribution in [3.8, 4) is 5.75 Å². The summed E-state index contributed by atoms with van der Waals surface area (Å²) in [6, 6.07) is 20.4. The van der Waals surface area contributed by atoms with Crippen LogP contribution in [-0.2, 0) is 11.3 Å². The molecule has 0 aliphatic heterocycles. The first-order chi connectivity index (χ1) is 11.3. The van der Waals surface area contributed by atoms with Crippen LogP contribution in [-0.4, -0.2) is 23.5 Å². The van der Waals surface area contributed by atoms with E-state index >= 15 is 0 Å². The van der Waals surface area contributed by atoms with Gasteiger partial charge >= 0.3 is 0 Å². The number of carbonyl (C=O) groups is 1. The number of hydrogen-bond donors (Lipinski definition) is 0. The zero-order chi connectivity index (χ0) is 15.9. The Labute approximate surface area is 137 Å². The Bertz CT molecular complexity index is 608. The van der Waals surface area contributed by atoms with Crippen molar-refractivity contribution in [1.82, 2.24) is 4.90 Å². The molecule has 23 heavy (non-hydrogen) atoms. The van der Waals surface area contributed by atoms with E-state index < -0.39 is 0 Å². The highest BCUT2D eigenvalue weighted by atomic mass is 16.5. The van der Waals surface area contributed by atoms with E-state index in [2.05, 4.69) is 12.1 Å². The Balaban J connectivity index is 1.45. The van der Waals surface area contributed by atoms with Gasteiger partial charge in [0.05, 0.1) is 6.61 Å².